The molecule has 3 aromatic carbocycles. The van der Waals surface area contributed by atoms with E-state index in [0.29, 0.717) is 6.42 Å². The third-order valence-electron chi connectivity index (χ3n) is 7.58. The van der Waals surface area contributed by atoms with Crippen LogP contribution in [-0.2, 0) is 11.2 Å². The number of phenolic OH excluding ortho intramolecular Hbond substituents is 2. The summed E-state index contributed by atoms with van der Waals surface area (Å²) < 4.78 is 63.0. The first kappa shape index (κ1) is 32.2. The second-order valence-electron chi connectivity index (χ2n) is 10.7. The molecule has 4 nitrogen and oxygen atoms in total. The summed E-state index contributed by atoms with van der Waals surface area (Å²) in [6, 6.07) is 16.4. The molecular weight excluding hydrogens is 543 g/mol. The van der Waals surface area contributed by atoms with Gasteiger partial charge in [-0.3, -0.25) is 4.79 Å². The number of alkyl halides is 5. The lowest BCUT2D eigenvalue weighted by atomic mass is 9.90. The van der Waals surface area contributed by atoms with Crippen molar-refractivity contribution in [1.82, 2.24) is 0 Å². The molecule has 0 saturated heterocycles. The number of carboxylic acid groups (broad SMARTS) is 1. The molecule has 0 aliphatic rings. The van der Waals surface area contributed by atoms with Gasteiger partial charge in [0.15, 0.2) is 0 Å². The molecule has 1 unspecified atom stereocenters. The van der Waals surface area contributed by atoms with Crippen LogP contribution in [0.5, 0.6) is 11.5 Å². The summed E-state index contributed by atoms with van der Waals surface area (Å²) in [5.41, 5.74) is 3.26. The van der Waals surface area contributed by atoms with Crippen LogP contribution in [0.25, 0.3) is 21.9 Å². The van der Waals surface area contributed by atoms with Crippen LogP contribution >= 0.6 is 0 Å². The Balaban J connectivity index is 1.42. The number of hydrogen-bond acceptors (Lipinski definition) is 3. The van der Waals surface area contributed by atoms with Crippen molar-refractivity contribution in [2.24, 2.45) is 5.92 Å². The fourth-order valence-corrected chi connectivity index (χ4v) is 5.24. The third kappa shape index (κ3) is 9.33. The molecule has 0 radical (unpaired) electrons. The van der Waals surface area contributed by atoms with E-state index in [1.54, 1.807) is 24.3 Å². The minimum absolute atomic E-state index is 0.194. The Bertz CT molecular complexity index is 1270. The quantitative estimate of drug-likeness (QED) is 0.116. The minimum Gasteiger partial charge on any atom is -0.508 e. The van der Waals surface area contributed by atoms with Crippen molar-refractivity contribution >= 4 is 16.7 Å². The van der Waals surface area contributed by atoms with Gasteiger partial charge in [0, 0.05) is 6.42 Å². The van der Waals surface area contributed by atoms with Crippen molar-refractivity contribution < 1.29 is 42.1 Å². The van der Waals surface area contributed by atoms with Crippen LogP contribution in [0.3, 0.4) is 0 Å². The smallest absolute Gasteiger partial charge is 0.453 e. The van der Waals surface area contributed by atoms with Gasteiger partial charge >= 0.3 is 18.1 Å². The lowest BCUT2D eigenvalue weighted by Crippen LogP contribution is -2.36. The van der Waals surface area contributed by atoms with Crippen molar-refractivity contribution in [3.63, 3.8) is 0 Å². The van der Waals surface area contributed by atoms with Crippen LogP contribution in [0.1, 0.15) is 76.2 Å². The van der Waals surface area contributed by atoms with Crippen LogP contribution in [0.15, 0.2) is 54.6 Å². The van der Waals surface area contributed by atoms with E-state index in [2.05, 4.69) is 0 Å². The highest BCUT2D eigenvalue weighted by atomic mass is 19.4. The lowest BCUT2D eigenvalue weighted by molar-refractivity contribution is -0.284. The Morgan fingerprint density at radius 1 is 0.707 bits per heavy atom. The van der Waals surface area contributed by atoms with Gasteiger partial charge in [-0.2, -0.15) is 22.0 Å². The zero-order valence-corrected chi connectivity index (χ0v) is 22.9. The number of carbonyl (C=O) groups is 1. The van der Waals surface area contributed by atoms with Gasteiger partial charge < -0.3 is 15.3 Å². The van der Waals surface area contributed by atoms with Gasteiger partial charge in [0.2, 0.25) is 0 Å². The lowest BCUT2D eigenvalue weighted by Gasteiger charge is -2.20. The Morgan fingerprint density at radius 3 is 1.93 bits per heavy atom. The van der Waals surface area contributed by atoms with Crippen molar-refractivity contribution in [3.05, 3.63) is 60.2 Å². The SMILES string of the molecule is O=C(O)C(CCCCCCCCCc1c(-c2ccc(O)cc2)ccc2cc(O)ccc12)CCCC(F)(F)C(F)(F)F. The van der Waals surface area contributed by atoms with Gasteiger partial charge in [-0.15, -0.1) is 0 Å². The van der Waals surface area contributed by atoms with Crippen molar-refractivity contribution in [3.8, 4) is 22.6 Å². The van der Waals surface area contributed by atoms with E-state index in [9.17, 15) is 42.1 Å². The van der Waals surface area contributed by atoms with Gasteiger partial charge in [-0.1, -0.05) is 68.9 Å². The summed E-state index contributed by atoms with van der Waals surface area (Å²) in [4.78, 5) is 11.4. The van der Waals surface area contributed by atoms with Crippen LogP contribution < -0.4 is 0 Å². The number of halogens is 5. The molecule has 0 saturated carbocycles. The molecule has 0 bridgehead atoms. The number of aliphatic carboxylic acids is 1. The maximum atomic E-state index is 13.1. The average molecular weight is 581 g/mol. The zero-order valence-electron chi connectivity index (χ0n) is 22.9. The predicted octanol–water partition coefficient (Wildman–Crippen LogP) is 9.65. The van der Waals surface area contributed by atoms with E-state index in [1.165, 1.54) is 5.56 Å². The van der Waals surface area contributed by atoms with E-state index < -0.39 is 36.8 Å². The molecule has 3 rings (SSSR count). The fourth-order valence-electron chi connectivity index (χ4n) is 5.24. The fraction of sp³-hybridized carbons (Fsp3) is 0.469. The standard InChI is InChI=1S/C32H37F5O4/c33-31(34,32(35,36)37)20-8-10-23(30(40)41)9-6-4-2-1-3-5-7-11-29-27(22-12-15-25(38)16-13-22)18-14-24-21-26(39)17-19-28(24)29/h12-19,21,23,38-39H,1-11,20H2,(H,40,41). The Morgan fingerprint density at radius 2 is 1.29 bits per heavy atom. The van der Waals surface area contributed by atoms with Gasteiger partial charge in [0.05, 0.1) is 5.92 Å². The van der Waals surface area contributed by atoms with Gasteiger partial charge in [0.1, 0.15) is 11.5 Å². The number of aryl methyl sites for hydroxylation is 1. The number of phenols is 2. The Labute approximate surface area is 236 Å². The molecule has 3 N–H and O–H groups in total. The summed E-state index contributed by atoms with van der Waals surface area (Å²) in [5.74, 6) is -6.46. The van der Waals surface area contributed by atoms with Crippen molar-refractivity contribution in [2.75, 3.05) is 0 Å². The number of hydrogen-bond donors (Lipinski definition) is 3. The molecule has 0 fully saturated rings. The number of rotatable bonds is 16. The van der Waals surface area contributed by atoms with E-state index >= 15 is 0 Å². The molecule has 41 heavy (non-hydrogen) atoms. The molecule has 0 spiro atoms. The average Bonchev–Trinajstić information content (AvgIpc) is 2.90. The second kappa shape index (κ2) is 14.5. The summed E-state index contributed by atoms with van der Waals surface area (Å²) in [6.45, 7) is 0. The first-order chi connectivity index (χ1) is 19.4. The highest BCUT2D eigenvalue weighted by Crippen LogP contribution is 2.39. The van der Waals surface area contributed by atoms with Gasteiger partial charge in [-0.05, 0) is 83.8 Å². The third-order valence-corrected chi connectivity index (χ3v) is 7.58. The molecule has 1 atom stereocenters. The highest BCUT2D eigenvalue weighted by Gasteiger charge is 2.56. The first-order valence-corrected chi connectivity index (χ1v) is 14.1. The number of unbranched alkanes of at least 4 members (excludes halogenated alkanes) is 6. The summed E-state index contributed by atoms with van der Waals surface area (Å²) in [5, 5.41) is 30.9. The highest BCUT2D eigenvalue weighted by molar-refractivity contribution is 5.92. The van der Waals surface area contributed by atoms with Crippen LogP contribution in [-0.4, -0.2) is 33.4 Å². The molecule has 0 amide bonds. The van der Waals surface area contributed by atoms with Gasteiger partial charge in [-0.25, -0.2) is 0 Å². The monoisotopic (exact) mass is 580 g/mol. The summed E-state index contributed by atoms with van der Waals surface area (Å²) in [6.07, 6.45) is -0.414. The van der Waals surface area contributed by atoms with Crippen LogP contribution in [0.2, 0.25) is 0 Å². The van der Waals surface area contributed by atoms with Crippen LogP contribution in [0, 0.1) is 5.92 Å². The number of fused-ring (bicyclic) bond motifs is 1. The van der Waals surface area contributed by atoms with E-state index in [4.69, 9.17) is 0 Å². The molecule has 0 aliphatic heterocycles. The van der Waals surface area contributed by atoms with E-state index in [0.717, 1.165) is 66.8 Å². The minimum atomic E-state index is -5.61. The molecule has 0 aliphatic carbocycles. The largest absolute Gasteiger partial charge is 0.508 e. The second-order valence-corrected chi connectivity index (χ2v) is 10.7. The Kier molecular flexibility index (Phi) is 11.4. The topological polar surface area (TPSA) is 77.8 Å². The molecule has 9 heteroatoms. The van der Waals surface area contributed by atoms with E-state index in [1.807, 2.05) is 30.3 Å². The molecule has 224 valence electrons. The molecule has 0 aromatic heterocycles. The Hall–Kier alpha value is -3.36. The molecular formula is C32H37F5O4. The maximum absolute atomic E-state index is 13.1. The van der Waals surface area contributed by atoms with Crippen LogP contribution in [0.4, 0.5) is 22.0 Å². The summed E-state index contributed by atoms with van der Waals surface area (Å²) >= 11 is 0. The summed E-state index contributed by atoms with van der Waals surface area (Å²) in [7, 11) is 0. The first-order valence-electron chi connectivity index (χ1n) is 14.1. The van der Waals surface area contributed by atoms with E-state index in [-0.39, 0.29) is 24.3 Å². The van der Waals surface area contributed by atoms with Gasteiger partial charge in [0.25, 0.3) is 0 Å². The normalized spacial score (nSPS) is 13.0. The zero-order chi connectivity index (χ0) is 30.0. The molecule has 3 aromatic rings. The predicted molar refractivity (Wildman–Crippen MR) is 149 cm³/mol. The molecule has 0 heterocycles. The van der Waals surface area contributed by atoms with Crippen molar-refractivity contribution in [2.45, 2.75) is 89.1 Å². The number of aromatic hydroxyl groups is 2. The number of benzene rings is 3. The maximum Gasteiger partial charge on any atom is 0.453 e. The number of carboxylic acids is 1. The van der Waals surface area contributed by atoms with Crippen molar-refractivity contribution in [1.29, 1.82) is 0 Å².